The van der Waals surface area contributed by atoms with Crippen LogP contribution in [-0.4, -0.2) is 141 Å². The average molecular weight is 731 g/mol. The maximum absolute atomic E-state index is 13.3. The van der Waals surface area contributed by atoms with Crippen LogP contribution in [0.2, 0.25) is 0 Å². The third-order valence-corrected chi connectivity index (χ3v) is 10.7. The van der Waals surface area contributed by atoms with E-state index in [-0.39, 0.29) is 50.3 Å². The molecule has 4 atom stereocenters. The number of carboxylic acid groups (broad SMARTS) is 4. The molecule has 6 N–H and O–H groups in total. The molecule has 0 bridgehead atoms. The Morgan fingerprint density at radius 3 is 1.75 bits per heavy atom. The fraction of sp³-hybridized carbons (Fsp3) is 0.639. The summed E-state index contributed by atoms with van der Waals surface area (Å²) in [5.74, 6) is -4.80. The summed E-state index contributed by atoms with van der Waals surface area (Å²) in [6.07, 6.45) is 8.68. The number of carboxylic acids is 4. The Morgan fingerprint density at radius 2 is 1.17 bits per heavy atom. The molecule has 2 fully saturated rings. The van der Waals surface area contributed by atoms with Gasteiger partial charge in [-0.2, -0.15) is 0 Å². The molecule has 52 heavy (non-hydrogen) atoms. The number of aliphatic carboxylic acids is 4. The van der Waals surface area contributed by atoms with Gasteiger partial charge in [-0.05, 0) is 79.0 Å². The number of carbonyl (C=O) groups excluding carboxylic acids is 3. The van der Waals surface area contributed by atoms with Gasteiger partial charge in [-0.3, -0.25) is 53.6 Å². The molecule has 3 aliphatic carbocycles. The van der Waals surface area contributed by atoms with E-state index in [4.69, 9.17) is 20.4 Å². The number of hydrogen-bond donors (Lipinski definition) is 6. The van der Waals surface area contributed by atoms with Crippen molar-refractivity contribution in [2.24, 2.45) is 17.8 Å². The minimum atomic E-state index is -1.28. The summed E-state index contributed by atoms with van der Waals surface area (Å²) >= 11 is 0. The van der Waals surface area contributed by atoms with Gasteiger partial charge in [0.25, 0.3) is 0 Å². The zero-order valence-electron chi connectivity index (χ0n) is 29.3. The van der Waals surface area contributed by atoms with Gasteiger partial charge in [0.05, 0.1) is 38.3 Å². The number of carbonyl (C=O) groups is 7. The fourth-order valence-electron chi connectivity index (χ4n) is 8.47. The molecule has 0 radical (unpaired) electrons. The normalized spacial score (nSPS) is 20.8. The Kier molecular flexibility index (Phi) is 14.7. The van der Waals surface area contributed by atoms with Gasteiger partial charge >= 0.3 is 23.9 Å². The number of hydrogen-bond acceptors (Lipinski definition) is 11. The molecule has 0 aromatic heterocycles. The molecule has 4 rings (SSSR count). The van der Waals surface area contributed by atoms with Crippen molar-refractivity contribution in [1.29, 1.82) is 0 Å². The van der Waals surface area contributed by atoms with Gasteiger partial charge in [-0.25, -0.2) is 0 Å². The maximum Gasteiger partial charge on any atom is 0.317 e. The molecule has 2 amide bonds. The highest BCUT2D eigenvalue weighted by molar-refractivity contribution is 6.02. The van der Waals surface area contributed by atoms with E-state index < -0.39 is 74.2 Å². The molecular weight excluding hydrogens is 680 g/mol. The van der Waals surface area contributed by atoms with Crippen LogP contribution in [0.4, 0.5) is 0 Å². The van der Waals surface area contributed by atoms with Crippen LogP contribution in [0.5, 0.6) is 5.75 Å². The average Bonchev–Trinajstić information content (AvgIpc) is 3.06. The van der Waals surface area contributed by atoms with Crippen LogP contribution in [0.3, 0.4) is 0 Å². The zero-order chi connectivity index (χ0) is 37.9. The Hall–Kier alpha value is -4.41. The molecule has 2 saturated carbocycles. The van der Waals surface area contributed by atoms with Gasteiger partial charge < -0.3 is 25.5 Å². The van der Waals surface area contributed by atoms with Gasteiger partial charge in [-0.1, -0.05) is 19.3 Å². The van der Waals surface area contributed by atoms with E-state index >= 15 is 0 Å². The molecule has 1 aromatic carbocycles. The minimum absolute atomic E-state index is 0.0739. The first-order chi connectivity index (χ1) is 24.7. The highest BCUT2D eigenvalue weighted by atomic mass is 16.4. The maximum atomic E-state index is 13.3. The molecule has 0 unspecified atom stereocenters. The van der Waals surface area contributed by atoms with Gasteiger partial charge in [0.15, 0.2) is 5.78 Å². The van der Waals surface area contributed by atoms with Crippen LogP contribution in [0.15, 0.2) is 12.1 Å². The van der Waals surface area contributed by atoms with Crippen molar-refractivity contribution < 1.29 is 59.1 Å². The molecule has 0 spiro atoms. The van der Waals surface area contributed by atoms with Crippen LogP contribution in [0.1, 0.15) is 85.2 Å². The molecular formula is C36H50N4O12. The molecule has 3 aliphatic rings. The lowest BCUT2D eigenvalue weighted by Crippen LogP contribution is -2.47. The molecule has 286 valence electrons. The van der Waals surface area contributed by atoms with Crippen LogP contribution in [-0.2, 0) is 35.2 Å². The lowest BCUT2D eigenvalue weighted by Gasteiger charge is -2.48. The number of nitrogens with one attached hydrogen (secondary N) is 1. The van der Waals surface area contributed by atoms with E-state index in [1.165, 1.54) is 37.0 Å². The van der Waals surface area contributed by atoms with Crippen molar-refractivity contribution in [3.8, 4) is 5.75 Å². The molecule has 0 aliphatic heterocycles. The van der Waals surface area contributed by atoms with Crippen molar-refractivity contribution in [2.45, 2.75) is 70.1 Å². The number of ketones is 1. The smallest absolute Gasteiger partial charge is 0.317 e. The van der Waals surface area contributed by atoms with Gasteiger partial charge in [0, 0.05) is 39.0 Å². The van der Waals surface area contributed by atoms with Crippen molar-refractivity contribution >= 4 is 41.5 Å². The number of imide groups is 1. The van der Waals surface area contributed by atoms with Crippen LogP contribution in [0.25, 0.3) is 0 Å². The molecule has 0 saturated heterocycles. The quantitative estimate of drug-likeness (QED) is 0.104. The highest BCUT2D eigenvalue weighted by Crippen LogP contribution is 2.54. The number of nitrogens with zero attached hydrogens (tertiary/aromatic N) is 3. The zero-order valence-corrected chi connectivity index (χ0v) is 29.3. The largest absolute Gasteiger partial charge is 0.507 e. The minimum Gasteiger partial charge on any atom is -0.507 e. The van der Waals surface area contributed by atoms with Gasteiger partial charge in [0.1, 0.15) is 5.75 Å². The number of rotatable bonds is 20. The Bertz CT molecular complexity index is 1440. The van der Waals surface area contributed by atoms with Crippen molar-refractivity contribution in [1.82, 2.24) is 20.0 Å². The lowest BCUT2D eigenvalue weighted by atomic mass is 9.56. The number of benzene rings is 1. The Morgan fingerprint density at radius 1 is 0.615 bits per heavy atom. The number of fused-ring (bicyclic) bond motifs is 5. The molecule has 1 aromatic rings. The second kappa shape index (κ2) is 18.9. The lowest BCUT2D eigenvalue weighted by molar-refractivity contribution is -0.143. The van der Waals surface area contributed by atoms with Crippen molar-refractivity contribution in [3.63, 3.8) is 0 Å². The van der Waals surface area contributed by atoms with E-state index in [1.54, 1.807) is 6.07 Å². The van der Waals surface area contributed by atoms with E-state index in [9.17, 15) is 38.7 Å². The summed E-state index contributed by atoms with van der Waals surface area (Å²) in [4.78, 5) is 87.6. The summed E-state index contributed by atoms with van der Waals surface area (Å²) in [6, 6.07) is 3.50. The number of Topliss-reactive ketones (excluding diaryl/α,β-unsaturated/α-hetero) is 1. The number of aromatic hydroxyl groups is 1. The topological polar surface area (TPSA) is 242 Å². The standard InChI is InChI=1S/C36H50N4O12/c41-29(28-16-27-23(15-30(28)42)6-8-25-24-4-2-1-3-22(24)5-7-26(25)27)9-10-31(43)37-32(44)17-38(11-13-39(18-33(45)46)19-34(47)48)12-14-40(20-35(49)50)21-36(51)52/h15-16,22,24-26,42H,1-14,17-21H2,(H,45,46)(H,47,48)(H,49,50)(H,51,52)(H,37,43,44)/t22-,24+,25-,26-/m0/s1. The van der Waals surface area contributed by atoms with Crippen LogP contribution >= 0.6 is 0 Å². The highest BCUT2D eigenvalue weighted by Gasteiger charge is 2.43. The monoisotopic (exact) mass is 730 g/mol. The first-order valence-corrected chi connectivity index (χ1v) is 18.0. The number of phenols is 1. The SMILES string of the molecule is O=C(O)CN(CCN(CCN(CC(=O)O)CC(=O)O)CC(=O)NC(=O)CCC(=O)c1cc2c(cc1O)CC[C@H]1[C@@H]3CCCC[C@H]3CC[C@H]21)CC(=O)O. The van der Waals surface area contributed by atoms with Crippen LogP contribution < -0.4 is 5.32 Å². The number of phenolic OH excluding ortho intramolecular Hbond substituents is 1. The second-order valence-electron chi connectivity index (χ2n) is 14.3. The first-order valence-electron chi connectivity index (χ1n) is 18.0. The third-order valence-electron chi connectivity index (χ3n) is 10.7. The number of amides is 2. The van der Waals surface area contributed by atoms with E-state index in [0.717, 1.165) is 46.1 Å². The number of aryl methyl sites for hydroxylation is 1. The summed E-state index contributed by atoms with van der Waals surface area (Å²) in [7, 11) is 0. The van der Waals surface area contributed by atoms with Crippen LogP contribution in [0, 0.1) is 17.8 Å². The van der Waals surface area contributed by atoms with Crippen molar-refractivity contribution in [2.75, 3.05) is 58.9 Å². The summed E-state index contributed by atoms with van der Waals surface area (Å²) in [5, 5.41) is 49.6. The third kappa shape index (κ3) is 11.8. The van der Waals surface area contributed by atoms with E-state index in [1.807, 2.05) is 6.07 Å². The first kappa shape index (κ1) is 40.4. The van der Waals surface area contributed by atoms with E-state index in [2.05, 4.69) is 5.32 Å². The summed E-state index contributed by atoms with van der Waals surface area (Å²) in [5.41, 5.74) is 2.35. The fourth-order valence-corrected chi connectivity index (χ4v) is 8.47. The van der Waals surface area contributed by atoms with Crippen molar-refractivity contribution in [3.05, 3.63) is 28.8 Å². The molecule has 16 heteroatoms. The predicted octanol–water partition coefficient (Wildman–Crippen LogP) is 1.49. The van der Waals surface area contributed by atoms with Gasteiger partial charge in [0.2, 0.25) is 11.8 Å². The second-order valence-corrected chi connectivity index (χ2v) is 14.3. The van der Waals surface area contributed by atoms with Gasteiger partial charge in [-0.15, -0.1) is 0 Å². The Labute approximate surface area is 301 Å². The molecule has 0 heterocycles. The summed E-state index contributed by atoms with van der Waals surface area (Å²) < 4.78 is 0. The molecule has 16 nitrogen and oxygen atoms in total. The predicted molar refractivity (Wildman–Crippen MR) is 184 cm³/mol. The Balaban J connectivity index is 1.35. The summed E-state index contributed by atoms with van der Waals surface area (Å²) in [6.45, 7) is -3.27. The van der Waals surface area contributed by atoms with E-state index in [0.29, 0.717) is 17.8 Å².